The van der Waals surface area contributed by atoms with Gasteiger partial charge >= 0.3 is 0 Å². The van der Waals surface area contributed by atoms with Gasteiger partial charge in [0.15, 0.2) is 0 Å². The van der Waals surface area contributed by atoms with E-state index in [0.717, 1.165) is 5.56 Å². The number of para-hydroxylation sites is 1. The maximum absolute atomic E-state index is 13.5. The van der Waals surface area contributed by atoms with E-state index in [-0.39, 0.29) is 29.8 Å². The summed E-state index contributed by atoms with van der Waals surface area (Å²) in [5.41, 5.74) is 3.86. The number of aromatic hydroxyl groups is 1. The summed E-state index contributed by atoms with van der Waals surface area (Å²) in [6, 6.07) is 26.8. The number of halogens is 1. The largest absolute Gasteiger partial charge is 0.508 e. The Bertz CT molecular complexity index is 1670. The molecule has 10 heteroatoms. The van der Waals surface area contributed by atoms with E-state index < -0.39 is 49.3 Å². The molecule has 8 atom stereocenters. The van der Waals surface area contributed by atoms with Crippen molar-refractivity contribution < 1.29 is 44.6 Å². The first-order valence-electron chi connectivity index (χ1n) is 15.7. The Labute approximate surface area is 271 Å². The Morgan fingerprint density at radius 3 is 2.19 bits per heavy atom. The van der Waals surface area contributed by atoms with Crippen molar-refractivity contribution in [2.45, 2.75) is 61.9 Å². The molecule has 0 spiro atoms. The minimum absolute atomic E-state index is 0.00484. The van der Waals surface area contributed by atoms with Gasteiger partial charge in [-0.15, -0.1) is 0 Å². The second-order valence-corrected chi connectivity index (χ2v) is 12.3. The zero-order chi connectivity index (χ0) is 33.2. The maximum atomic E-state index is 13.5. The van der Waals surface area contributed by atoms with Gasteiger partial charge in [-0.3, -0.25) is 4.79 Å². The van der Waals surface area contributed by atoms with Gasteiger partial charge in [0, 0.05) is 17.7 Å². The molecular weight excluding hydrogens is 605 g/mol. The fraction of sp³-hybridized carbons (Fsp3) is 0.324. The molecule has 2 heterocycles. The van der Waals surface area contributed by atoms with Gasteiger partial charge in [-0.25, -0.2) is 4.39 Å². The van der Waals surface area contributed by atoms with E-state index in [1.807, 2.05) is 36.4 Å². The molecule has 246 valence electrons. The van der Waals surface area contributed by atoms with Crippen molar-refractivity contribution in [1.82, 2.24) is 0 Å². The molecule has 2 aliphatic heterocycles. The van der Waals surface area contributed by atoms with Crippen LogP contribution in [0.5, 0.6) is 5.75 Å². The van der Waals surface area contributed by atoms with Crippen molar-refractivity contribution in [2.24, 2.45) is 5.92 Å². The van der Waals surface area contributed by atoms with Gasteiger partial charge in [-0.05, 0) is 71.3 Å². The average molecular weight is 644 g/mol. The van der Waals surface area contributed by atoms with E-state index >= 15 is 0 Å². The molecule has 0 unspecified atom stereocenters. The third-order valence-corrected chi connectivity index (χ3v) is 9.34. The monoisotopic (exact) mass is 643 g/mol. The first kappa shape index (κ1) is 32.8. The van der Waals surface area contributed by atoms with Crippen LogP contribution in [0, 0.1) is 11.7 Å². The number of rotatable bonds is 9. The van der Waals surface area contributed by atoms with Gasteiger partial charge in [-0.1, -0.05) is 66.7 Å². The molecule has 0 saturated carbocycles. The van der Waals surface area contributed by atoms with Crippen molar-refractivity contribution in [1.29, 1.82) is 0 Å². The number of hydrogen-bond donors (Lipinski definition) is 6. The van der Waals surface area contributed by atoms with Crippen LogP contribution >= 0.6 is 0 Å². The van der Waals surface area contributed by atoms with Crippen molar-refractivity contribution >= 4 is 11.6 Å². The molecule has 0 aliphatic carbocycles. The maximum Gasteiger partial charge on any atom is 0.227 e. The van der Waals surface area contributed by atoms with Gasteiger partial charge in [0.25, 0.3) is 0 Å². The van der Waals surface area contributed by atoms with Crippen molar-refractivity contribution in [2.75, 3.05) is 11.5 Å². The summed E-state index contributed by atoms with van der Waals surface area (Å²) in [6.07, 6.45) is -6.07. The van der Waals surface area contributed by atoms with Crippen LogP contribution in [0.25, 0.3) is 11.1 Å². The van der Waals surface area contributed by atoms with E-state index in [1.165, 1.54) is 12.1 Å². The minimum atomic E-state index is -1.48. The van der Waals surface area contributed by atoms with E-state index in [9.17, 15) is 39.8 Å². The van der Waals surface area contributed by atoms with Crippen LogP contribution in [0.1, 0.15) is 54.2 Å². The first-order chi connectivity index (χ1) is 22.7. The molecule has 2 fully saturated rings. The fourth-order valence-electron chi connectivity index (χ4n) is 6.79. The number of anilines is 1. The van der Waals surface area contributed by atoms with Crippen LogP contribution in [0.4, 0.5) is 10.1 Å². The van der Waals surface area contributed by atoms with Gasteiger partial charge in [0.05, 0.1) is 18.8 Å². The average Bonchev–Trinajstić information content (AvgIpc) is 3.42. The van der Waals surface area contributed by atoms with Crippen LogP contribution in [-0.4, -0.2) is 67.6 Å². The predicted octanol–water partition coefficient (Wildman–Crippen LogP) is 4.32. The molecule has 2 aliphatic rings. The number of carbonyl (C=O) groups excluding carboxylic acids is 1. The lowest BCUT2D eigenvalue weighted by Crippen LogP contribution is -2.55. The number of ether oxygens (including phenoxy) is 1. The summed E-state index contributed by atoms with van der Waals surface area (Å²) < 4.78 is 19.1. The van der Waals surface area contributed by atoms with Gasteiger partial charge < -0.3 is 40.3 Å². The summed E-state index contributed by atoms with van der Waals surface area (Å²) >= 11 is 0. The molecule has 47 heavy (non-hydrogen) atoms. The van der Waals surface area contributed by atoms with Crippen LogP contribution in [0.2, 0.25) is 0 Å². The summed E-state index contributed by atoms with van der Waals surface area (Å²) in [6.45, 7) is -0.519. The molecule has 0 aromatic heterocycles. The smallest absolute Gasteiger partial charge is 0.227 e. The van der Waals surface area contributed by atoms with Gasteiger partial charge in [-0.2, -0.15) is 0 Å². The number of phenols is 1. The van der Waals surface area contributed by atoms with Gasteiger partial charge in [0.2, 0.25) is 5.91 Å². The van der Waals surface area contributed by atoms with Gasteiger partial charge in [0.1, 0.15) is 42.1 Å². The molecule has 2 saturated heterocycles. The van der Waals surface area contributed by atoms with E-state index in [4.69, 9.17) is 4.74 Å². The number of hydrogen-bond acceptors (Lipinski definition) is 8. The standard InChI is InChI=1S/C37H38FNO8/c38-26-14-10-22(11-15-26)29(41)17-13-25-19-32(43)39(27-4-2-1-3-5-27)33(25)28-16-12-24(18-30(28)42)21-6-8-23(9-7-21)37-36(46)35(45)34(44)31(20-40)47-37/h1-12,14-16,18,25,29,31,33-37,40-42,44-46H,13,17,19-20H2/t25-,29+,31-,33+,34-,35+,36-,37+/m1/s1. The topological polar surface area (TPSA) is 151 Å². The Balaban J connectivity index is 1.25. The number of benzene rings is 4. The second kappa shape index (κ2) is 13.9. The molecule has 4 aromatic carbocycles. The number of aliphatic hydroxyl groups is 5. The van der Waals surface area contributed by atoms with E-state index in [0.29, 0.717) is 40.8 Å². The van der Waals surface area contributed by atoms with Crippen LogP contribution < -0.4 is 4.90 Å². The number of aliphatic hydroxyl groups excluding tert-OH is 5. The number of nitrogens with zero attached hydrogens (tertiary/aromatic N) is 1. The zero-order valence-electron chi connectivity index (χ0n) is 25.5. The number of carbonyl (C=O) groups is 1. The van der Waals surface area contributed by atoms with Crippen molar-refractivity contribution in [3.63, 3.8) is 0 Å². The Morgan fingerprint density at radius 1 is 0.851 bits per heavy atom. The van der Waals surface area contributed by atoms with E-state index in [2.05, 4.69) is 0 Å². The predicted molar refractivity (Wildman–Crippen MR) is 172 cm³/mol. The zero-order valence-corrected chi connectivity index (χ0v) is 25.5. The summed E-state index contributed by atoms with van der Waals surface area (Å²) in [5, 5.41) is 62.6. The highest BCUT2D eigenvalue weighted by molar-refractivity contribution is 5.97. The van der Waals surface area contributed by atoms with Crippen molar-refractivity contribution in [3.05, 3.63) is 120 Å². The molecule has 4 aromatic rings. The molecule has 0 bridgehead atoms. The summed E-state index contributed by atoms with van der Waals surface area (Å²) in [5.74, 6) is -0.683. The quantitative estimate of drug-likeness (QED) is 0.158. The lowest BCUT2D eigenvalue weighted by atomic mass is 9.86. The van der Waals surface area contributed by atoms with Crippen LogP contribution in [-0.2, 0) is 9.53 Å². The van der Waals surface area contributed by atoms with Crippen molar-refractivity contribution in [3.8, 4) is 16.9 Å². The molecular formula is C37H38FNO8. The molecule has 9 nitrogen and oxygen atoms in total. The van der Waals surface area contributed by atoms with Crippen LogP contribution in [0.15, 0.2) is 97.1 Å². The SMILES string of the molecule is O=C1C[C@@H](CC[C@H](O)c2ccc(F)cc2)[C@@H](c2ccc(-c3ccc([C@@H]4O[C@H](CO)[C@@H](O)[C@H](O)[C@H]4O)cc3)cc2O)N1c1ccccc1. The Hall–Kier alpha value is -4.16. The minimum Gasteiger partial charge on any atom is -0.508 e. The summed E-state index contributed by atoms with van der Waals surface area (Å²) in [4.78, 5) is 15.2. The Morgan fingerprint density at radius 2 is 1.53 bits per heavy atom. The number of amides is 1. The molecule has 1 amide bonds. The number of phenolic OH excluding ortho intramolecular Hbond substituents is 1. The van der Waals surface area contributed by atoms with E-state index in [1.54, 1.807) is 53.4 Å². The lowest BCUT2D eigenvalue weighted by Gasteiger charge is -2.40. The fourth-order valence-corrected chi connectivity index (χ4v) is 6.79. The first-order valence-corrected chi connectivity index (χ1v) is 15.7. The highest BCUT2D eigenvalue weighted by Crippen LogP contribution is 2.47. The third kappa shape index (κ3) is 6.66. The highest BCUT2D eigenvalue weighted by atomic mass is 19.1. The Kier molecular flexibility index (Phi) is 9.70. The highest BCUT2D eigenvalue weighted by Gasteiger charge is 2.44. The summed E-state index contributed by atoms with van der Waals surface area (Å²) in [7, 11) is 0. The normalized spacial score (nSPS) is 26.8. The molecule has 6 rings (SSSR count). The molecule has 6 N–H and O–H groups in total. The van der Waals surface area contributed by atoms with Crippen LogP contribution in [0.3, 0.4) is 0 Å². The second-order valence-electron chi connectivity index (χ2n) is 12.3. The third-order valence-electron chi connectivity index (χ3n) is 9.34. The lowest BCUT2D eigenvalue weighted by molar-refractivity contribution is -0.231. The molecule has 0 radical (unpaired) electrons.